The van der Waals surface area contributed by atoms with Crippen LogP contribution in [0.2, 0.25) is 0 Å². The Hall–Kier alpha value is -2.36. The van der Waals surface area contributed by atoms with Crippen molar-refractivity contribution >= 4 is 54.0 Å². The van der Waals surface area contributed by atoms with E-state index >= 15 is 0 Å². The normalized spacial score (nSPS) is 12.8. The molecule has 0 saturated heterocycles. The summed E-state index contributed by atoms with van der Waals surface area (Å²) < 4.78 is 5.05. The molecule has 124 valence electrons. The third kappa shape index (κ3) is 1.80. The maximum atomic E-state index is 2.38. The molecule has 0 amide bonds. The second-order valence-corrected chi connectivity index (χ2v) is 9.10. The molecular formula is C23H16NS2+. The molecule has 0 fully saturated rings. The van der Waals surface area contributed by atoms with E-state index in [1.807, 2.05) is 23.1 Å². The van der Waals surface area contributed by atoms with Crippen molar-refractivity contribution in [3.8, 4) is 11.3 Å². The van der Waals surface area contributed by atoms with Crippen LogP contribution in [0.5, 0.6) is 0 Å². The van der Waals surface area contributed by atoms with Crippen LogP contribution in [0, 0.1) is 6.92 Å². The van der Waals surface area contributed by atoms with E-state index in [4.69, 9.17) is 0 Å². The van der Waals surface area contributed by atoms with Crippen molar-refractivity contribution in [2.24, 2.45) is 7.05 Å². The summed E-state index contributed by atoms with van der Waals surface area (Å²) in [5.41, 5.74) is 4.08. The molecule has 0 aliphatic carbocycles. The maximum Gasteiger partial charge on any atom is 0.222 e. The van der Waals surface area contributed by atoms with Gasteiger partial charge in [-0.25, -0.2) is 4.57 Å². The Bertz CT molecular complexity index is 1380. The van der Waals surface area contributed by atoms with Crippen LogP contribution in [-0.2, 0) is 7.05 Å². The summed E-state index contributed by atoms with van der Waals surface area (Å²) in [5, 5.41) is 5.54. The van der Waals surface area contributed by atoms with E-state index in [-0.39, 0.29) is 0 Å². The van der Waals surface area contributed by atoms with Gasteiger partial charge in [0.05, 0.1) is 10.9 Å². The van der Waals surface area contributed by atoms with Gasteiger partial charge in [-0.15, -0.1) is 11.3 Å². The minimum atomic E-state index is 1.34. The van der Waals surface area contributed by atoms with Crippen LogP contribution in [0.3, 0.4) is 0 Å². The van der Waals surface area contributed by atoms with Crippen LogP contribution in [0.1, 0.15) is 5.56 Å². The van der Waals surface area contributed by atoms with Crippen molar-refractivity contribution in [2.45, 2.75) is 16.7 Å². The molecule has 5 aromatic rings. The van der Waals surface area contributed by atoms with Crippen molar-refractivity contribution in [1.29, 1.82) is 0 Å². The summed E-state index contributed by atoms with van der Waals surface area (Å²) in [4.78, 5) is 2.78. The molecule has 0 atom stereocenters. The van der Waals surface area contributed by atoms with Crippen LogP contribution in [0.4, 0.5) is 0 Å². The molecule has 0 unspecified atom stereocenters. The van der Waals surface area contributed by atoms with E-state index in [1.165, 1.54) is 57.6 Å². The lowest BCUT2D eigenvalue weighted by Crippen LogP contribution is -2.31. The lowest BCUT2D eigenvalue weighted by molar-refractivity contribution is -0.659. The van der Waals surface area contributed by atoms with Crippen molar-refractivity contribution < 1.29 is 4.57 Å². The topological polar surface area (TPSA) is 3.88 Å². The number of aromatic nitrogens is 1. The fourth-order valence-electron chi connectivity index (χ4n) is 4.23. The lowest BCUT2D eigenvalue weighted by atomic mass is 9.97. The van der Waals surface area contributed by atoms with Crippen LogP contribution in [0.15, 0.2) is 70.6 Å². The van der Waals surface area contributed by atoms with Gasteiger partial charge in [-0.3, -0.25) is 0 Å². The van der Waals surface area contributed by atoms with E-state index in [1.54, 1.807) is 0 Å². The number of nitrogens with zero attached hydrogens (tertiary/aromatic N) is 1. The maximum absolute atomic E-state index is 2.38. The van der Waals surface area contributed by atoms with Crippen molar-refractivity contribution in [3.63, 3.8) is 0 Å². The Balaban J connectivity index is 1.92. The van der Waals surface area contributed by atoms with Crippen LogP contribution in [0.25, 0.3) is 42.2 Å². The summed E-state index contributed by atoms with van der Waals surface area (Å²) in [6.07, 6.45) is 2.20. The highest BCUT2D eigenvalue weighted by Crippen LogP contribution is 2.52. The highest BCUT2D eigenvalue weighted by molar-refractivity contribution is 8.00. The first-order valence-electron chi connectivity index (χ1n) is 8.77. The van der Waals surface area contributed by atoms with Gasteiger partial charge in [-0.05, 0) is 36.1 Å². The van der Waals surface area contributed by atoms with Gasteiger partial charge in [0, 0.05) is 36.0 Å². The highest BCUT2D eigenvalue weighted by atomic mass is 32.2. The zero-order valence-electron chi connectivity index (χ0n) is 14.5. The Morgan fingerprint density at radius 1 is 0.885 bits per heavy atom. The number of hydrogen-bond acceptors (Lipinski definition) is 2. The van der Waals surface area contributed by atoms with Crippen molar-refractivity contribution in [2.75, 3.05) is 0 Å². The van der Waals surface area contributed by atoms with E-state index < -0.39 is 0 Å². The van der Waals surface area contributed by atoms with Crippen molar-refractivity contribution in [1.82, 2.24) is 0 Å². The van der Waals surface area contributed by atoms with Gasteiger partial charge in [-0.2, -0.15) is 0 Å². The monoisotopic (exact) mass is 370 g/mol. The standard InChI is InChI=1S/C23H16NS2/c1-13-6-5-9-17-19(13)22-20-14(10-11-24(22)2)12-18-21(23(20)26-17)15-7-3-4-8-16(15)25-18/h3-12H,1-2H3/q+1. The number of thiophene rings is 1. The Morgan fingerprint density at radius 3 is 2.69 bits per heavy atom. The van der Waals surface area contributed by atoms with E-state index in [0.717, 1.165) is 0 Å². The molecule has 0 radical (unpaired) electrons. The largest absolute Gasteiger partial charge is 0.222 e. The smallest absolute Gasteiger partial charge is 0.200 e. The van der Waals surface area contributed by atoms with E-state index in [0.29, 0.717) is 0 Å². The van der Waals surface area contributed by atoms with Gasteiger partial charge in [0.25, 0.3) is 0 Å². The minimum absolute atomic E-state index is 1.34. The van der Waals surface area contributed by atoms with Crippen LogP contribution in [-0.4, -0.2) is 0 Å². The molecule has 1 aliphatic rings. The molecule has 3 heteroatoms. The fraction of sp³-hybridized carbons (Fsp3) is 0.0870. The number of benzene rings is 3. The molecule has 3 heterocycles. The molecule has 0 saturated carbocycles. The first kappa shape index (κ1) is 14.8. The zero-order chi connectivity index (χ0) is 17.4. The van der Waals surface area contributed by atoms with Gasteiger partial charge in [0.2, 0.25) is 5.69 Å². The predicted octanol–water partition coefficient (Wildman–Crippen LogP) is 6.47. The molecule has 6 rings (SSSR count). The van der Waals surface area contributed by atoms with E-state index in [9.17, 15) is 0 Å². The summed E-state index contributed by atoms with van der Waals surface area (Å²) in [6.45, 7) is 2.22. The molecule has 0 N–H and O–H groups in total. The van der Waals surface area contributed by atoms with Gasteiger partial charge in [0.15, 0.2) is 6.20 Å². The average Bonchev–Trinajstić information content (AvgIpc) is 3.02. The SMILES string of the molecule is Cc1cccc2c1-c1c3c(c4c(cc3cc[n+]1C)sc1ccccc14)S2. The fourth-order valence-corrected chi connectivity index (χ4v) is 6.82. The molecule has 1 aliphatic heterocycles. The molecule has 2 aromatic heterocycles. The first-order chi connectivity index (χ1) is 12.7. The summed E-state index contributed by atoms with van der Waals surface area (Å²) in [5.74, 6) is 0. The number of fused-ring (bicyclic) bond motifs is 6. The number of rotatable bonds is 0. The highest BCUT2D eigenvalue weighted by Gasteiger charge is 2.30. The third-order valence-corrected chi connectivity index (χ3v) is 7.69. The number of hydrogen-bond donors (Lipinski definition) is 0. The zero-order valence-corrected chi connectivity index (χ0v) is 16.2. The Morgan fingerprint density at radius 2 is 1.77 bits per heavy atom. The summed E-state index contributed by atoms with van der Waals surface area (Å²) in [7, 11) is 2.17. The Kier molecular flexibility index (Phi) is 2.89. The molecular weight excluding hydrogens is 354 g/mol. The van der Waals surface area contributed by atoms with Crippen LogP contribution >= 0.6 is 23.1 Å². The van der Waals surface area contributed by atoms with E-state index in [2.05, 4.69) is 79.3 Å². The molecule has 0 spiro atoms. The summed E-state index contributed by atoms with van der Waals surface area (Å²) >= 11 is 3.84. The van der Waals surface area contributed by atoms with Gasteiger partial charge < -0.3 is 0 Å². The predicted molar refractivity (Wildman–Crippen MR) is 112 cm³/mol. The number of pyridine rings is 1. The first-order valence-corrected chi connectivity index (χ1v) is 10.4. The van der Waals surface area contributed by atoms with Gasteiger partial charge >= 0.3 is 0 Å². The Labute approximate surface area is 159 Å². The second-order valence-electron chi connectivity index (χ2n) is 6.97. The molecule has 26 heavy (non-hydrogen) atoms. The molecule has 3 aromatic carbocycles. The van der Waals surface area contributed by atoms with Gasteiger partial charge in [0.1, 0.15) is 7.05 Å². The quantitative estimate of drug-likeness (QED) is 0.277. The molecule has 1 nitrogen and oxygen atoms in total. The second kappa shape index (κ2) is 5.09. The van der Waals surface area contributed by atoms with Gasteiger partial charge in [-0.1, -0.05) is 42.1 Å². The summed E-state index contributed by atoms with van der Waals surface area (Å²) in [6, 6.07) is 20.1. The third-order valence-electron chi connectivity index (χ3n) is 5.40. The average molecular weight is 371 g/mol. The van der Waals surface area contributed by atoms with Crippen LogP contribution < -0.4 is 4.57 Å². The molecule has 0 bridgehead atoms. The minimum Gasteiger partial charge on any atom is -0.200 e. The van der Waals surface area contributed by atoms with Crippen molar-refractivity contribution in [3.05, 3.63) is 66.4 Å². The number of aryl methyl sites for hydroxylation is 2. The lowest BCUT2D eigenvalue weighted by Gasteiger charge is -2.20.